The monoisotopic (exact) mass is 266 g/mol. The van der Waals surface area contributed by atoms with Crippen LogP contribution in [0.5, 0.6) is 0 Å². The van der Waals surface area contributed by atoms with Crippen molar-refractivity contribution in [2.75, 3.05) is 12.4 Å². The van der Waals surface area contributed by atoms with Gasteiger partial charge in [-0.3, -0.25) is 0 Å². The van der Waals surface area contributed by atoms with Gasteiger partial charge in [0.15, 0.2) is 0 Å². The van der Waals surface area contributed by atoms with E-state index in [1.165, 1.54) is 10.9 Å². The number of aryl methyl sites for hydroxylation is 1. The Balaban J connectivity index is 2.05. The Hall–Kier alpha value is -2.36. The SMILES string of the molecule is CCc1nccn1Cc1cc2ccccc2nc1NC. The van der Waals surface area contributed by atoms with Gasteiger partial charge in [0.25, 0.3) is 0 Å². The van der Waals surface area contributed by atoms with Gasteiger partial charge in [-0.1, -0.05) is 25.1 Å². The van der Waals surface area contributed by atoms with Crippen molar-refractivity contribution >= 4 is 16.7 Å². The van der Waals surface area contributed by atoms with Crippen LogP contribution in [0.2, 0.25) is 0 Å². The van der Waals surface area contributed by atoms with Crippen molar-refractivity contribution in [1.82, 2.24) is 14.5 Å². The van der Waals surface area contributed by atoms with Gasteiger partial charge in [-0.05, 0) is 12.1 Å². The van der Waals surface area contributed by atoms with Gasteiger partial charge in [0.05, 0.1) is 12.1 Å². The van der Waals surface area contributed by atoms with Crippen LogP contribution in [0.4, 0.5) is 5.82 Å². The summed E-state index contributed by atoms with van der Waals surface area (Å²) >= 11 is 0. The number of imidazole rings is 1. The third-order valence-electron chi connectivity index (χ3n) is 3.50. The molecule has 3 aromatic rings. The third kappa shape index (κ3) is 2.25. The Morgan fingerprint density at radius 3 is 2.90 bits per heavy atom. The van der Waals surface area contributed by atoms with Crippen molar-refractivity contribution in [1.29, 1.82) is 0 Å². The number of benzene rings is 1. The van der Waals surface area contributed by atoms with Crippen LogP contribution in [0.15, 0.2) is 42.7 Å². The lowest BCUT2D eigenvalue weighted by atomic mass is 10.1. The maximum atomic E-state index is 4.68. The average Bonchev–Trinajstić information content (AvgIpc) is 2.93. The maximum Gasteiger partial charge on any atom is 0.131 e. The molecule has 0 aliphatic heterocycles. The largest absolute Gasteiger partial charge is 0.373 e. The molecule has 0 aliphatic carbocycles. The molecule has 0 amide bonds. The molecule has 2 aromatic heterocycles. The Morgan fingerprint density at radius 1 is 1.25 bits per heavy atom. The predicted octanol–water partition coefficient (Wildman–Crippen LogP) is 3.08. The quantitative estimate of drug-likeness (QED) is 0.789. The van der Waals surface area contributed by atoms with Gasteiger partial charge in [0.1, 0.15) is 11.6 Å². The molecule has 4 heteroatoms. The van der Waals surface area contributed by atoms with E-state index in [4.69, 9.17) is 0 Å². The van der Waals surface area contributed by atoms with E-state index in [-0.39, 0.29) is 0 Å². The molecule has 0 fully saturated rings. The van der Waals surface area contributed by atoms with E-state index in [9.17, 15) is 0 Å². The topological polar surface area (TPSA) is 42.7 Å². The van der Waals surface area contributed by atoms with E-state index < -0.39 is 0 Å². The number of para-hydroxylation sites is 1. The first-order chi connectivity index (χ1) is 9.81. The minimum Gasteiger partial charge on any atom is -0.373 e. The fourth-order valence-corrected chi connectivity index (χ4v) is 2.48. The summed E-state index contributed by atoms with van der Waals surface area (Å²) in [6.45, 7) is 2.91. The fourth-order valence-electron chi connectivity index (χ4n) is 2.48. The summed E-state index contributed by atoms with van der Waals surface area (Å²) in [5.41, 5.74) is 2.20. The van der Waals surface area contributed by atoms with Gasteiger partial charge in [-0.15, -0.1) is 0 Å². The second kappa shape index (κ2) is 5.33. The van der Waals surface area contributed by atoms with E-state index in [0.717, 1.165) is 30.1 Å². The van der Waals surface area contributed by atoms with Crippen LogP contribution >= 0.6 is 0 Å². The molecule has 20 heavy (non-hydrogen) atoms. The maximum absolute atomic E-state index is 4.68. The van der Waals surface area contributed by atoms with Gasteiger partial charge < -0.3 is 9.88 Å². The van der Waals surface area contributed by atoms with E-state index in [2.05, 4.69) is 38.9 Å². The molecule has 0 radical (unpaired) electrons. The summed E-state index contributed by atoms with van der Waals surface area (Å²) in [4.78, 5) is 9.06. The molecule has 0 unspecified atom stereocenters. The number of aromatic nitrogens is 3. The summed E-state index contributed by atoms with van der Waals surface area (Å²) in [7, 11) is 1.91. The number of rotatable bonds is 4. The molecule has 0 aliphatic rings. The molecule has 102 valence electrons. The lowest BCUT2D eigenvalue weighted by Crippen LogP contribution is -2.07. The molecule has 4 nitrogen and oxygen atoms in total. The third-order valence-corrected chi connectivity index (χ3v) is 3.50. The summed E-state index contributed by atoms with van der Waals surface area (Å²) in [6.07, 6.45) is 4.81. The van der Waals surface area contributed by atoms with Crippen molar-refractivity contribution in [3.63, 3.8) is 0 Å². The predicted molar refractivity (Wildman–Crippen MR) is 82.0 cm³/mol. The van der Waals surface area contributed by atoms with Crippen LogP contribution in [0.1, 0.15) is 18.3 Å². The Morgan fingerprint density at radius 2 is 2.10 bits per heavy atom. The summed E-state index contributed by atoms with van der Waals surface area (Å²) in [5.74, 6) is 2.03. The number of hydrogen-bond donors (Lipinski definition) is 1. The van der Waals surface area contributed by atoms with E-state index in [0.29, 0.717) is 0 Å². The standard InChI is InChI=1S/C16H18N4/c1-3-15-18-8-9-20(15)11-13-10-12-6-4-5-7-14(12)19-16(13)17-2/h4-10H,3,11H2,1-2H3,(H,17,19). The Kier molecular flexibility index (Phi) is 3.37. The number of nitrogens with one attached hydrogen (secondary N) is 1. The highest BCUT2D eigenvalue weighted by molar-refractivity contribution is 5.81. The highest BCUT2D eigenvalue weighted by Gasteiger charge is 2.08. The van der Waals surface area contributed by atoms with Crippen molar-refractivity contribution in [3.05, 3.63) is 54.1 Å². The molecule has 0 bridgehead atoms. The zero-order chi connectivity index (χ0) is 13.9. The normalized spacial score (nSPS) is 10.9. The highest BCUT2D eigenvalue weighted by atomic mass is 15.1. The average molecular weight is 266 g/mol. The van der Waals surface area contributed by atoms with Gasteiger partial charge >= 0.3 is 0 Å². The van der Waals surface area contributed by atoms with Crippen LogP contribution in [0.3, 0.4) is 0 Å². The van der Waals surface area contributed by atoms with Crippen molar-refractivity contribution in [2.24, 2.45) is 0 Å². The van der Waals surface area contributed by atoms with E-state index >= 15 is 0 Å². The molecule has 3 rings (SSSR count). The Bertz CT molecular complexity index is 730. The van der Waals surface area contributed by atoms with E-state index in [1.54, 1.807) is 0 Å². The van der Waals surface area contributed by atoms with Crippen molar-refractivity contribution in [2.45, 2.75) is 19.9 Å². The van der Waals surface area contributed by atoms with Crippen LogP contribution in [0, 0.1) is 0 Å². The molecule has 1 N–H and O–H groups in total. The molecular formula is C16H18N4. The molecule has 0 saturated carbocycles. The molecule has 0 spiro atoms. The van der Waals surface area contributed by atoms with Crippen LogP contribution in [0.25, 0.3) is 10.9 Å². The zero-order valence-corrected chi connectivity index (χ0v) is 11.8. The Labute approximate surface area is 118 Å². The van der Waals surface area contributed by atoms with Crippen molar-refractivity contribution < 1.29 is 0 Å². The molecule has 0 atom stereocenters. The van der Waals surface area contributed by atoms with Crippen LogP contribution < -0.4 is 5.32 Å². The number of nitrogens with zero attached hydrogens (tertiary/aromatic N) is 3. The highest BCUT2D eigenvalue weighted by Crippen LogP contribution is 2.21. The first-order valence-electron chi connectivity index (χ1n) is 6.88. The number of anilines is 1. The number of fused-ring (bicyclic) bond motifs is 1. The second-order valence-electron chi connectivity index (χ2n) is 4.76. The minimum atomic E-state index is 0.789. The van der Waals surface area contributed by atoms with Crippen LogP contribution in [-0.2, 0) is 13.0 Å². The summed E-state index contributed by atoms with van der Waals surface area (Å²) < 4.78 is 2.17. The molecule has 1 aromatic carbocycles. The summed E-state index contributed by atoms with van der Waals surface area (Å²) in [5, 5.41) is 4.36. The first-order valence-corrected chi connectivity index (χ1v) is 6.88. The van der Waals surface area contributed by atoms with Gasteiger partial charge in [0, 0.05) is 36.8 Å². The minimum absolute atomic E-state index is 0.789. The molecular weight excluding hydrogens is 248 g/mol. The molecule has 2 heterocycles. The smallest absolute Gasteiger partial charge is 0.131 e. The van der Waals surface area contributed by atoms with Gasteiger partial charge in [-0.2, -0.15) is 0 Å². The van der Waals surface area contributed by atoms with E-state index in [1.807, 2.05) is 37.6 Å². The van der Waals surface area contributed by atoms with Gasteiger partial charge in [0.2, 0.25) is 0 Å². The lowest BCUT2D eigenvalue weighted by Gasteiger charge is -2.12. The first kappa shape index (κ1) is 12.7. The van der Waals surface area contributed by atoms with Crippen LogP contribution in [-0.4, -0.2) is 21.6 Å². The summed E-state index contributed by atoms with van der Waals surface area (Å²) in [6, 6.07) is 10.4. The number of pyridine rings is 1. The lowest BCUT2D eigenvalue weighted by molar-refractivity contribution is 0.732. The van der Waals surface area contributed by atoms with Gasteiger partial charge in [-0.25, -0.2) is 9.97 Å². The zero-order valence-electron chi connectivity index (χ0n) is 11.8. The fraction of sp³-hybridized carbons (Fsp3) is 0.250. The number of hydrogen-bond acceptors (Lipinski definition) is 3. The second-order valence-corrected chi connectivity index (χ2v) is 4.76. The van der Waals surface area contributed by atoms with Crippen molar-refractivity contribution in [3.8, 4) is 0 Å². The molecule has 0 saturated heterocycles.